The zero-order valence-corrected chi connectivity index (χ0v) is 11.8. The van der Waals surface area contributed by atoms with Crippen LogP contribution in [0.3, 0.4) is 0 Å². The van der Waals surface area contributed by atoms with E-state index < -0.39 is 12.0 Å². The Morgan fingerprint density at radius 1 is 1.18 bits per heavy atom. The largest absolute Gasteiger partial charge is 0.480 e. The molecule has 5 heteroatoms. The first-order valence-corrected chi connectivity index (χ1v) is 6.97. The standard InChI is InChI=1S/C17H15NO4/c19-16(8-7-14-6-3-9-22-14)18-11-13-5-2-1-4-12(13)10-15(18)17(20)21/h1-9,15H,10-11H2,(H,20,21)/b8-7+/t15-/m0/s1. The van der Waals surface area contributed by atoms with Gasteiger partial charge in [-0.1, -0.05) is 24.3 Å². The molecule has 1 N–H and O–H groups in total. The van der Waals surface area contributed by atoms with Gasteiger partial charge in [0.1, 0.15) is 11.8 Å². The summed E-state index contributed by atoms with van der Waals surface area (Å²) in [6, 6.07) is 10.2. The van der Waals surface area contributed by atoms with Gasteiger partial charge in [-0.05, 0) is 29.3 Å². The van der Waals surface area contributed by atoms with Crippen molar-refractivity contribution in [3.8, 4) is 0 Å². The Morgan fingerprint density at radius 2 is 1.95 bits per heavy atom. The van der Waals surface area contributed by atoms with Crippen LogP contribution in [0.25, 0.3) is 6.08 Å². The third-order valence-corrected chi connectivity index (χ3v) is 3.75. The molecule has 0 fully saturated rings. The predicted octanol–water partition coefficient (Wildman–Crippen LogP) is 2.33. The highest BCUT2D eigenvalue weighted by molar-refractivity contribution is 5.94. The summed E-state index contributed by atoms with van der Waals surface area (Å²) in [6.45, 7) is 0.300. The smallest absolute Gasteiger partial charge is 0.326 e. The van der Waals surface area contributed by atoms with Gasteiger partial charge in [-0.3, -0.25) is 4.79 Å². The number of amides is 1. The van der Waals surface area contributed by atoms with E-state index in [0.29, 0.717) is 18.7 Å². The van der Waals surface area contributed by atoms with Crippen molar-refractivity contribution >= 4 is 18.0 Å². The van der Waals surface area contributed by atoms with Crippen molar-refractivity contribution < 1.29 is 19.1 Å². The molecule has 2 aromatic rings. The molecule has 1 aromatic carbocycles. The number of carboxylic acids is 1. The fourth-order valence-electron chi connectivity index (χ4n) is 2.61. The molecule has 5 nitrogen and oxygen atoms in total. The van der Waals surface area contributed by atoms with E-state index in [0.717, 1.165) is 11.1 Å². The number of carbonyl (C=O) groups is 2. The van der Waals surface area contributed by atoms with Crippen molar-refractivity contribution in [2.45, 2.75) is 19.0 Å². The van der Waals surface area contributed by atoms with Gasteiger partial charge in [-0.15, -0.1) is 0 Å². The molecule has 112 valence electrons. The van der Waals surface area contributed by atoms with Crippen molar-refractivity contribution in [3.63, 3.8) is 0 Å². The summed E-state index contributed by atoms with van der Waals surface area (Å²) in [6.07, 6.45) is 4.73. The van der Waals surface area contributed by atoms with Crippen molar-refractivity contribution in [3.05, 3.63) is 65.6 Å². The molecular weight excluding hydrogens is 282 g/mol. The van der Waals surface area contributed by atoms with E-state index >= 15 is 0 Å². The first-order valence-electron chi connectivity index (χ1n) is 6.97. The van der Waals surface area contributed by atoms with E-state index in [4.69, 9.17) is 4.42 Å². The average Bonchev–Trinajstić information content (AvgIpc) is 3.04. The molecule has 0 spiro atoms. The summed E-state index contributed by atoms with van der Waals surface area (Å²) in [5.74, 6) is -0.773. The van der Waals surface area contributed by atoms with Crippen molar-refractivity contribution in [2.75, 3.05) is 0 Å². The molecule has 0 bridgehead atoms. The fourth-order valence-corrected chi connectivity index (χ4v) is 2.61. The molecule has 0 unspecified atom stereocenters. The second kappa shape index (κ2) is 5.89. The van der Waals surface area contributed by atoms with Crippen molar-refractivity contribution in [1.29, 1.82) is 0 Å². The summed E-state index contributed by atoms with van der Waals surface area (Å²) in [7, 11) is 0. The number of rotatable bonds is 3. The molecule has 1 atom stereocenters. The third kappa shape index (κ3) is 2.79. The van der Waals surface area contributed by atoms with Gasteiger partial charge >= 0.3 is 5.97 Å². The second-order valence-electron chi connectivity index (χ2n) is 5.14. The minimum atomic E-state index is -0.991. The molecule has 0 radical (unpaired) electrons. The molecular formula is C17H15NO4. The molecule has 22 heavy (non-hydrogen) atoms. The lowest BCUT2D eigenvalue weighted by molar-refractivity contribution is -0.149. The van der Waals surface area contributed by atoms with Crippen LogP contribution in [0.2, 0.25) is 0 Å². The van der Waals surface area contributed by atoms with E-state index in [1.165, 1.54) is 17.2 Å². The lowest BCUT2D eigenvalue weighted by Gasteiger charge is -2.33. The number of aliphatic carboxylic acids is 1. The Morgan fingerprint density at radius 3 is 2.64 bits per heavy atom. The number of fused-ring (bicyclic) bond motifs is 1. The second-order valence-corrected chi connectivity index (χ2v) is 5.14. The SMILES string of the molecule is O=C(O)[C@@H]1Cc2ccccc2CN1C(=O)/C=C/c1ccco1. The van der Waals surface area contributed by atoms with Gasteiger partial charge in [-0.2, -0.15) is 0 Å². The quantitative estimate of drug-likeness (QED) is 0.883. The van der Waals surface area contributed by atoms with Gasteiger partial charge < -0.3 is 14.4 Å². The number of hydrogen-bond acceptors (Lipinski definition) is 3. The molecule has 0 aliphatic carbocycles. The maximum atomic E-state index is 12.4. The zero-order chi connectivity index (χ0) is 15.5. The van der Waals surface area contributed by atoms with Crippen LogP contribution in [-0.2, 0) is 22.6 Å². The number of carbonyl (C=O) groups excluding carboxylic acids is 1. The number of furan rings is 1. The van der Waals surface area contributed by atoms with E-state index in [9.17, 15) is 14.7 Å². The van der Waals surface area contributed by atoms with Gasteiger partial charge in [0.05, 0.1) is 6.26 Å². The Balaban J connectivity index is 1.84. The van der Waals surface area contributed by atoms with Gasteiger partial charge in [0.25, 0.3) is 0 Å². The normalized spacial score (nSPS) is 17.5. The predicted molar refractivity (Wildman–Crippen MR) is 79.9 cm³/mol. The van der Waals surface area contributed by atoms with Crippen LogP contribution in [0.4, 0.5) is 0 Å². The minimum absolute atomic E-state index is 0.300. The molecule has 2 heterocycles. The number of benzene rings is 1. The lowest BCUT2D eigenvalue weighted by Crippen LogP contribution is -2.48. The highest BCUT2D eigenvalue weighted by Crippen LogP contribution is 2.24. The zero-order valence-electron chi connectivity index (χ0n) is 11.8. The summed E-state index contributed by atoms with van der Waals surface area (Å²) in [4.78, 5) is 25.2. The fraction of sp³-hybridized carbons (Fsp3) is 0.176. The Kier molecular flexibility index (Phi) is 3.78. The lowest BCUT2D eigenvalue weighted by atomic mass is 9.94. The van der Waals surface area contributed by atoms with E-state index in [1.54, 1.807) is 18.2 Å². The summed E-state index contributed by atoms with van der Waals surface area (Å²) < 4.78 is 5.13. The molecule has 1 amide bonds. The summed E-state index contributed by atoms with van der Waals surface area (Å²) >= 11 is 0. The highest BCUT2D eigenvalue weighted by Gasteiger charge is 2.33. The molecule has 1 aliphatic rings. The minimum Gasteiger partial charge on any atom is -0.480 e. The maximum absolute atomic E-state index is 12.4. The van der Waals surface area contributed by atoms with E-state index in [2.05, 4.69) is 0 Å². The Hall–Kier alpha value is -2.82. The highest BCUT2D eigenvalue weighted by atomic mass is 16.4. The van der Waals surface area contributed by atoms with Crippen LogP contribution in [0.5, 0.6) is 0 Å². The Labute approximate surface area is 127 Å². The van der Waals surface area contributed by atoms with Crippen molar-refractivity contribution in [2.24, 2.45) is 0 Å². The molecule has 3 rings (SSSR count). The molecule has 0 saturated heterocycles. The van der Waals surface area contributed by atoms with Gasteiger partial charge in [0.2, 0.25) is 5.91 Å². The van der Waals surface area contributed by atoms with Crippen molar-refractivity contribution in [1.82, 2.24) is 4.90 Å². The third-order valence-electron chi connectivity index (χ3n) is 3.75. The number of carboxylic acid groups (broad SMARTS) is 1. The van der Waals surface area contributed by atoms with Crippen LogP contribution < -0.4 is 0 Å². The van der Waals surface area contributed by atoms with Gasteiger partial charge in [-0.25, -0.2) is 4.79 Å². The first kappa shape index (κ1) is 14.1. The maximum Gasteiger partial charge on any atom is 0.326 e. The van der Waals surface area contributed by atoms with Crippen LogP contribution in [0.1, 0.15) is 16.9 Å². The van der Waals surface area contributed by atoms with E-state index in [-0.39, 0.29) is 5.91 Å². The van der Waals surface area contributed by atoms with Gasteiger partial charge in [0.15, 0.2) is 0 Å². The van der Waals surface area contributed by atoms with Crippen LogP contribution >= 0.6 is 0 Å². The number of hydrogen-bond donors (Lipinski definition) is 1. The van der Waals surface area contributed by atoms with Crippen LogP contribution in [0, 0.1) is 0 Å². The average molecular weight is 297 g/mol. The van der Waals surface area contributed by atoms with Crippen LogP contribution in [-0.4, -0.2) is 27.9 Å². The summed E-state index contributed by atoms with van der Waals surface area (Å²) in [5.41, 5.74) is 1.97. The summed E-state index contributed by atoms with van der Waals surface area (Å²) in [5, 5.41) is 9.40. The topological polar surface area (TPSA) is 70.8 Å². The monoisotopic (exact) mass is 297 g/mol. The van der Waals surface area contributed by atoms with E-state index in [1.807, 2.05) is 24.3 Å². The molecule has 0 saturated carbocycles. The van der Waals surface area contributed by atoms with Gasteiger partial charge in [0, 0.05) is 19.0 Å². The van der Waals surface area contributed by atoms with Crippen LogP contribution in [0.15, 0.2) is 53.2 Å². The first-order chi connectivity index (χ1) is 10.6. The molecule has 1 aromatic heterocycles. The Bertz CT molecular complexity index is 718. The molecule has 1 aliphatic heterocycles. The number of nitrogens with zero attached hydrogens (tertiary/aromatic N) is 1.